The van der Waals surface area contributed by atoms with Gasteiger partial charge in [-0.15, -0.1) is 0 Å². The molecular weight excluding hydrogens is 493 g/mol. The van der Waals surface area contributed by atoms with Crippen molar-refractivity contribution in [2.75, 3.05) is 6.54 Å². The smallest absolute Gasteiger partial charge is 0.404 e. The van der Waals surface area contributed by atoms with E-state index < -0.39 is 19.8 Å². The lowest BCUT2D eigenvalue weighted by molar-refractivity contribution is -0.133. The van der Waals surface area contributed by atoms with Crippen molar-refractivity contribution in [1.82, 2.24) is 10.2 Å². The Bertz CT molecular complexity index is 1360. The molecule has 2 amide bonds. The van der Waals surface area contributed by atoms with Crippen molar-refractivity contribution < 1.29 is 28.5 Å². The normalized spacial score (nSPS) is 16.0. The van der Waals surface area contributed by atoms with Gasteiger partial charge in [0.05, 0.1) is 11.6 Å². The molecule has 0 unspecified atom stereocenters. The summed E-state index contributed by atoms with van der Waals surface area (Å²) in [5.41, 5.74) is 3.56. The molecule has 0 spiro atoms. The molecule has 1 atom stereocenters. The van der Waals surface area contributed by atoms with Gasteiger partial charge in [-0.2, -0.15) is 5.26 Å². The SMILES string of the molecule is N#Cc1ccccc1-c1ccc(CN2CCCC[C@H](NC(=O)c3ccc(OP(=O)(O)O)cc3)C2=O)cc1. The van der Waals surface area contributed by atoms with E-state index in [1.165, 1.54) is 24.3 Å². The summed E-state index contributed by atoms with van der Waals surface area (Å²) in [5, 5.41) is 12.2. The third-order valence-corrected chi connectivity index (χ3v) is 6.56. The Morgan fingerprint density at radius 1 is 1.05 bits per heavy atom. The molecule has 3 N–H and O–H groups in total. The summed E-state index contributed by atoms with van der Waals surface area (Å²) in [6.07, 6.45) is 2.12. The Kier molecular flexibility index (Phi) is 8.04. The topological polar surface area (TPSA) is 140 Å². The molecule has 9 nitrogen and oxygen atoms in total. The molecule has 0 aliphatic carbocycles. The number of carbonyl (C=O) groups is 2. The Balaban J connectivity index is 1.41. The molecule has 1 saturated heterocycles. The minimum Gasteiger partial charge on any atom is -0.404 e. The fourth-order valence-corrected chi connectivity index (χ4v) is 4.68. The summed E-state index contributed by atoms with van der Waals surface area (Å²) >= 11 is 0. The fourth-order valence-electron chi connectivity index (χ4n) is 4.28. The van der Waals surface area contributed by atoms with Crippen LogP contribution in [-0.4, -0.2) is 39.1 Å². The first-order valence-corrected chi connectivity index (χ1v) is 13.3. The zero-order valence-corrected chi connectivity index (χ0v) is 20.8. The molecule has 1 fully saturated rings. The zero-order chi connectivity index (χ0) is 26.4. The molecule has 190 valence electrons. The van der Waals surface area contributed by atoms with Crippen LogP contribution in [0.4, 0.5) is 0 Å². The standard InChI is InChI=1S/C27H26N3O6P/c28-17-22-5-1-2-6-24(22)20-10-8-19(9-11-20)18-30-16-4-3-7-25(27(30)32)29-26(31)21-12-14-23(15-13-21)36-37(33,34)35/h1-2,5-6,8-15,25H,3-4,7,16,18H2,(H,29,31)(H2,33,34,35)/t25-/m0/s1. The van der Waals surface area contributed by atoms with E-state index >= 15 is 0 Å². The number of nitrogens with one attached hydrogen (secondary N) is 1. The second kappa shape index (κ2) is 11.4. The number of benzene rings is 3. The molecule has 0 bridgehead atoms. The first-order valence-electron chi connectivity index (χ1n) is 11.8. The Hall–Kier alpha value is -3.96. The van der Waals surface area contributed by atoms with Crippen molar-refractivity contribution in [3.05, 3.63) is 89.5 Å². The lowest BCUT2D eigenvalue weighted by Crippen LogP contribution is -2.47. The number of rotatable bonds is 7. The molecule has 1 aliphatic rings. The fraction of sp³-hybridized carbons (Fsp3) is 0.222. The average molecular weight is 519 g/mol. The molecule has 0 aromatic heterocycles. The number of amides is 2. The molecule has 0 saturated carbocycles. The number of hydrogen-bond acceptors (Lipinski definition) is 5. The highest BCUT2D eigenvalue weighted by Gasteiger charge is 2.28. The monoisotopic (exact) mass is 519 g/mol. The van der Waals surface area contributed by atoms with Crippen molar-refractivity contribution in [2.45, 2.75) is 31.8 Å². The van der Waals surface area contributed by atoms with E-state index in [0.29, 0.717) is 25.1 Å². The van der Waals surface area contributed by atoms with Crippen LogP contribution in [0.1, 0.15) is 40.7 Å². The minimum absolute atomic E-state index is 0.0660. The molecule has 37 heavy (non-hydrogen) atoms. The van der Waals surface area contributed by atoms with Crippen LogP contribution in [0.3, 0.4) is 0 Å². The van der Waals surface area contributed by atoms with Crippen LogP contribution in [0.5, 0.6) is 5.75 Å². The third-order valence-electron chi connectivity index (χ3n) is 6.11. The number of nitriles is 1. The molecule has 1 heterocycles. The Labute approximate surface area is 214 Å². The van der Waals surface area contributed by atoms with E-state index in [4.69, 9.17) is 9.79 Å². The van der Waals surface area contributed by atoms with E-state index in [1.807, 2.05) is 42.5 Å². The quantitative estimate of drug-likeness (QED) is 0.401. The van der Waals surface area contributed by atoms with Crippen molar-refractivity contribution in [3.8, 4) is 22.9 Å². The Morgan fingerprint density at radius 2 is 1.76 bits per heavy atom. The van der Waals surface area contributed by atoms with Gasteiger partial charge in [-0.25, -0.2) is 4.57 Å². The second-order valence-electron chi connectivity index (χ2n) is 8.74. The van der Waals surface area contributed by atoms with E-state index in [0.717, 1.165) is 29.5 Å². The number of hydrogen-bond donors (Lipinski definition) is 3. The maximum Gasteiger partial charge on any atom is 0.524 e. The van der Waals surface area contributed by atoms with Gasteiger partial charge in [0.1, 0.15) is 11.8 Å². The van der Waals surface area contributed by atoms with E-state index in [1.54, 1.807) is 11.0 Å². The maximum absolute atomic E-state index is 13.3. The van der Waals surface area contributed by atoms with Crippen LogP contribution in [-0.2, 0) is 15.9 Å². The molecule has 3 aromatic rings. The predicted molar refractivity (Wildman–Crippen MR) is 136 cm³/mol. The second-order valence-corrected chi connectivity index (χ2v) is 9.91. The van der Waals surface area contributed by atoms with Crippen LogP contribution in [0.25, 0.3) is 11.1 Å². The van der Waals surface area contributed by atoms with Crippen LogP contribution >= 0.6 is 7.82 Å². The average Bonchev–Trinajstić information content (AvgIpc) is 3.05. The van der Waals surface area contributed by atoms with E-state index in [2.05, 4.69) is 15.9 Å². The van der Waals surface area contributed by atoms with E-state index in [-0.39, 0.29) is 17.2 Å². The van der Waals surface area contributed by atoms with Gasteiger partial charge in [-0.05, 0) is 66.3 Å². The summed E-state index contributed by atoms with van der Waals surface area (Å²) in [4.78, 5) is 45.6. The van der Waals surface area contributed by atoms with Crippen LogP contribution in [0.2, 0.25) is 0 Å². The van der Waals surface area contributed by atoms with Gasteiger partial charge in [0.25, 0.3) is 5.91 Å². The van der Waals surface area contributed by atoms with Crippen molar-refractivity contribution >= 4 is 19.6 Å². The molecule has 3 aromatic carbocycles. The summed E-state index contributed by atoms with van der Waals surface area (Å²) in [6.45, 7) is 0.985. The largest absolute Gasteiger partial charge is 0.524 e. The van der Waals surface area contributed by atoms with Gasteiger partial charge in [0.2, 0.25) is 5.91 Å². The molecule has 0 radical (unpaired) electrons. The van der Waals surface area contributed by atoms with Crippen molar-refractivity contribution in [3.63, 3.8) is 0 Å². The lowest BCUT2D eigenvalue weighted by Gasteiger charge is -2.25. The summed E-state index contributed by atoms with van der Waals surface area (Å²) < 4.78 is 15.5. The molecule has 4 rings (SSSR count). The number of phosphoric ester groups is 1. The van der Waals surface area contributed by atoms with Crippen LogP contribution in [0, 0.1) is 11.3 Å². The maximum atomic E-state index is 13.3. The number of phosphoric acid groups is 1. The molecule has 10 heteroatoms. The van der Waals surface area contributed by atoms with Gasteiger partial charge in [0.15, 0.2) is 0 Å². The Morgan fingerprint density at radius 3 is 2.43 bits per heavy atom. The van der Waals surface area contributed by atoms with Crippen LogP contribution < -0.4 is 9.84 Å². The van der Waals surface area contributed by atoms with Gasteiger partial charge in [0, 0.05) is 18.7 Å². The van der Waals surface area contributed by atoms with Gasteiger partial charge >= 0.3 is 7.82 Å². The molecular formula is C27H26N3O6P. The predicted octanol–water partition coefficient (Wildman–Crippen LogP) is 4.01. The van der Waals surface area contributed by atoms with Gasteiger partial charge in [-0.1, -0.05) is 42.5 Å². The van der Waals surface area contributed by atoms with Crippen LogP contribution in [0.15, 0.2) is 72.8 Å². The zero-order valence-electron chi connectivity index (χ0n) is 19.9. The highest BCUT2D eigenvalue weighted by molar-refractivity contribution is 7.46. The first kappa shape index (κ1) is 26.1. The lowest BCUT2D eigenvalue weighted by atomic mass is 9.99. The third kappa shape index (κ3) is 6.83. The molecule has 1 aliphatic heterocycles. The highest BCUT2D eigenvalue weighted by atomic mass is 31.2. The van der Waals surface area contributed by atoms with Crippen molar-refractivity contribution in [2.24, 2.45) is 0 Å². The van der Waals surface area contributed by atoms with Crippen molar-refractivity contribution in [1.29, 1.82) is 5.26 Å². The summed E-state index contributed by atoms with van der Waals surface area (Å²) in [5.74, 6) is -0.682. The number of likely N-dealkylation sites (tertiary alicyclic amines) is 1. The minimum atomic E-state index is -4.69. The summed E-state index contributed by atoms with van der Waals surface area (Å²) in [6, 6.07) is 22.0. The first-order chi connectivity index (χ1) is 17.7. The highest BCUT2D eigenvalue weighted by Crippen LogP contribution is 2.37. The number of nitrogens with zero attached hydrogens (tertiary/aromatic N) is 2. The summed E-state index contributed by atoms with van der Waals surface area (Å²) in [7, 11) is -4.69. The van der Waals surface area contributed by atoms with Gasteiger partial charge < -0.3 is 14.7 Å². The number of carbonyl (C=O) groups excluding carboxylic acids is 2. The van der Waals surface area contributed by atoms with Gasteiger partial charge in [-0.3, -0.25) is 19.4 Å². The van der Waals surface area contributed by atoms with E-state index in [9.17, 15) is 19.4 Å².